The van der Waals surface area contributed by atoms with Crippen molar-refractivity contribution in [3.05, 3.63) is 35.2 Å². The van der Waals surface area contributed by atoms with Gasteiger partial charge >= 0.3 is 12.1 Å². The molecule has 1 rings (SSSR count). The fourth-order valence-corrected chi connectivity index (χ4v) is 1.49. The predicted molar refractivity (Wildman–Crippen MR) is 66.1 cm³/mol. The quantitative estimate of drug-likeness (QED) is 0.525. The molecule has 0 atom stereocenters. The van der Waals surface area contributed by atoms with Crippen LogP contribution in [-0.2, 0) is 15.7 Å². The van der Waals surface area contributed by atoms with Gasteiger partial charge in [-0.1, -0.05) is 12.2 Å². The van der Waals surface area contributed by atoms with Crippen molar-refractivity contribution in [3.8, 4) is 0 Å². The van der Waals surface area contributed by atoms with E-state index in [1.54, 1.807) is 6.92 Å². The van der Waals surface area contributed by atoms with Crippen LogP contribution in [0.1, 0.15) is 24.5 Å². The maximum Gasteiger partial charge on any atom is 0.417 e. The molecule has 0 aliphatic carbocycles. The van der Waals surface area contributed by atoms with Gasteiger partial charge in [0.05, 0.1) is 24.3 Å². The molecule has 1 aromatic rings. The summed E-state index contributed by atoms with van der Waals surface area (Å²) in [6, 6.07) is 1.21. The molecule has 0 saturated heterocycles. The summed E-state index contributed by atoms with van der Waals surface area (Å²) in [6.45, 7) is 1.79. The first-order valence-corrected chi connectivity index (χ1v) is 5.74. The fourth-order valence-electron chi connectivity index (χ4n) is 1.49. The standard InChI is InChI=1S/C13H13F4NO2/c1-2-20-12(19)5-3-4-8-6-10(14)11(18)7-9(8)13(15,16)17/h3-4,6-7H,2,5,18H2,1H3. The van der Waals surface area contributed by atoms with Crippen molar-refractivity contribution in [2.45, 2.75) is 19.5 Å². The largest absolute Gasteiger partial charge is 0.466 e. The first-order valence-electron chi connectivity index (χ1n) is 5.74. The summed E-state index contributed by atoms with van der Waals surface area (Å²) >= 11 is 0. The van der Waals surface area contributed by atoms with Gasteiger partial charge in [-0.3, -0.25) is 4.79 Å². The van der Waals surface area contributed by atoms with E-state index in [0.717, 1.165) is 6.08 Å². The first-order chi connectivity index (χ1) is 9.25. The number of nitrogen functional groups attached to an aromatic ring is 1. The third-order valence-corrected chi connectivity index (χ3v) is 2.36. The smallest absolute Gasteiger partial charge is 0.417 e. The average Bonchev–Trinajstić information content (AvgIpc) is 2.32. The van der Waals surface area contributed by atoms with Crippen LogP contribution in [0, 0.1) is 5.82 Å². The SMILES string of the molecule is CCOC(=O)CC=Cc1cc(F)c(N)cc1C(F)(F)F. The molecular weight excluding hydrogens is 278 g/mol. The number of hydrogen-bond acceptors (Lipinski definition) is 3. The van der Waals surface area contributed by atoms with Crippen LogP contribution < -0.4 is 5.73 Å². The summed E-state index contributed by atoms with van der Waals surface area (Å²) in [7, 11) is 0. The molecule has 0 amide bonds. The lowest BCUT2D eigenvalue weighted by molar-refractivity contribution is -0.142. The van der Waals surface area contributed by atoms with Crippen LogP contribution >= 0.6 is 0 Å². The lowest BCUT2D eigenvalue weighted by Gasteiger charge is -2.11. The number of carbonyl (C=O) groups excluding carboxylic acids is 1. The molecule has 0 radical (unpaired) electrons. The minimum absolute atomic E-state index is 0.178. The molecule has 110 valence electrons. The van der Waals surface area contributed by atoms with E-state index >= 15 is 0 Å². The van der Waals surface area contributed by atoms with E-state index < -0.39 is 34.8 Å². The Kier molecular flexibility index (Phi) is 5.12. The summed E-state index contributed by atoms with van der Waals surface area (Å²) < 4.78 is 56.1. The van der Waals surface area contributed by atoms with E-state index in [0.29, 0.717) is 12.1 Å². The van der Waals surface area contributed by atoms with Gasteiger partial charge in [-0.25, -0.2) is 4.39 Å². The number of ether oxygens (including phenoxy) is 1. The molecule has 0 fully saturated rings. The lowest BCUT2D eigenvalue weighted by Crippen LogP contribution is -2.09. The van der Waals surface area contributed by atoms with Crippen molar-refractivity contribution in [2.75, 3.05) is 12.3 Å². The second-order valence-corrected chi connectivity index (χ2v) is 3.87. The molecule has 0 aliphatic heterocycles. The first kappa shape index (κ1) is 16.0. The molecule has 0 aromatic heterocycles. The van der Waals surface area contributed by atoms with E-state index in [4.69, 9.17) is 5.73 Å². The molecule has 0 spiro atoms. The highest BCUT2D eigenvalue weighted by atomic mass is 19.4. The normalized spacial score (nSPS) is 11.8. The summed E-state index contributed by atoms with van der Waals surface area (Å²) in [5, 5.41) is 0. The van der Waals surface area contributed by atoms with Gasteiger partial charge < -0.3 is 10.5 Å². The van der Waals surface area contributed by atoms with Gasteiger partial charge in [-0.2, -0.15) is 13.2 Å². The highest BCUT2D eigenvalue weighted by Gasteiger charge is 2.33. The Labute approximate surface area is 113 Å². The van der Waals surface area contributed by atoms with Crippen LogP contribution in [0.4, 0.5) is 23.2 Å². The molecule has 0 aliphatic rings. The molecule has 0 bridgehead atoms. The number of rotatable bonds is 4. The Balaban J connectivity index is 3.02. The van der Waals surface area contributed by atoms with Gasteiger partial charge in [0.15, 0.2) is 0 Å². The van der Waals surface area contributed by atoms with Crippen LogP contribution in [0.15, 0.2) is 18.2 Å². The molecule has 2 N–H and O–H groups in total. The molecule has 0 saturated carbocycles. The van der Waals surface area contributed by atoms with E-state index in [9.17, 15) is 22.4 Å². The minimum Gasteiger partial charge on any atom is -0.466 e. The third-order valence-electron chi connectivity index (χ3n) is 2.36. The number of anilines is 1. The molecule has 0 unspecified atom stereocenters. The van der Waals surface area contributed by atoms with Gasteiger partial charge in [-0.05, 0) is 24.6 Å². The van der Waals surface area contributed by atoms with Crippen LogP contribution in [0.3, 0.4) is 0 Å². The second kappa shape index (κ2) is 6.40. The Hall–Kier alpha value is -2.05. The second-order valence-electron chi connectivity index (χ2n) is 3.87. The number of esters is 1. The summed E-state index contributed by atoms with van der Waals surface area (Å²) in [4.78, 5) is 11.0. The van der Waals surface area contributed by atoms with Gasteiger partial charge in [-0.15, -0.1) is 0 Å². The number of alkyl halides is 3. The zero-order valence-corrected chi connectivity index (χ0v) is 10.6. The monoisotopic (exact) mass is 291 g/mol. The van der Waals surface area contributed by atoms with Crippen molar-refractivity contribution >= 4 is 17.7 Å². The molecule has 1 aromatic carbocycles. The zero-order chi connectivity index (χ0) is 15.3. The number of carbonyl (C=O) groups is 1. The predicted octanol–water partition coefficient (Wildman–Crippen LogP) is 3.39. The number of hydrogen-bond donors (Lipinski definition) is 1. The van der Waals surface area contributed by atoms with E-state index in [1.807, 2.05) is 0 Å². The highest BCUT2D eigenvalue weighted by molar-refractivity contribution is 5.73. The Morgan fingerprint density at radius 2 is 2.05 bits per heavy atom. The molecule has 3 nitrogen and oxygen atoms in total. The van der Waals surface area contributed by atoms with Crippen LogP contribution in [0.25, 0.3) is 6.08 Å². The van der Waals surface area contributed by atoms with Crippen molar-refractivity contribution < 1.29 is 27.1 Å². The third kappa shape index (κ3) is 4.25. The fraction of sp³-hybridized carbons (Fsp3) is 0.308. The average molecular weight is 291 g/mol. The Morgan fingerprint density at radius 3 is 2.60 bits per heavy atom. The molecule has 7 heteroatoms. The minimum atomic E-state index is -4.66. The summed E-state index contributed by atoms with van der Waals surface area (Å²) in [6.07, 6.45) is -2.66. The highest BCUT2D eigenvalue weighted by Crippen LogP contribution is 2.34. The van der Waals surface area contributed by atoms with Crippen LogP contribution in [0.2, 0.25) is 0 Å². The van der Waals surface area contributed by atoms with Crippen LogP contribution in [-0.4, -0.2) is 12.6 Å². The van der Waals surface area contributed by atoms with E-state index in [2.05, 4.69) is 4.74 Å². The lowest BCUT2D eigenvalue weighted by atomic mass is 10.0. The van der Waals surface area contributed by atoms with Gasteiger partial charge in [0.25, 0.3) is 0 Å². The van der Waals surface area contributed by atoms with Crippen molar-refractivity contribution in [1.29, 1.82) is 0 Å². The molecule has 20 heavy (non-hydrogen) atoms. The summed E-state index contributed by atoms with van der Waals surface area (Å²) in [5.41, 5.74) is 3.09. The number of nitrogens with two attached hydrogens (primary N) is 1. The topological polar surface area (TPSA) is 52.3 Å². The number of benzene rings is 1. The molecular formula is C13H13F4NO2. The van der Waals surface area contributed by atoms with Crippen molar-refractivity contribution in [1.82, 2.24) is 0 Å². The Morgan fingerprint density at radius 1 is 1.40 bits per heavy atom. The van der Waals surface area contributed by atoms with E-state index in [1.165, 1.54) is 6.08 Å². The molecule has 0 heterocycles. The Bertz CT molecular complexity index is 524. The maximum atomic E-state index is 13.2. The van der Waals surface area contributed by atoms with E-state index in [-0.39, 0.29) is 13.0 Å². The van der Waals surface area contributed by atoms with Crippen molar-refractivity contribution in [2.24, 2.45) is 0 Å². The zero-order valence-electron chi connectivity index (χ0n) is 10.6. The van der Waals surface area contributed by atoms with Gasteiger partial charge in [0.2, 0.25) is 0 Å². The van der Waals surface area contributed by atoms with Gasteiger partial charge in [0.1, 0.15) is 5.82 Å². The van der Waals surface area contributed by atoms with Crippen LogP contribution in [0.5, 0.6) is 0 Å². The summed E-state index contributed by atoms with van der Waals surface area (Å²) in [5.74, 6) is -1.53. The maximum absolute atomic E-state index is 13.2. The van der Waals surface area contributed by atoms with Gasteiger partial charge in [0, 0.05) is 0 Å². The number of halogens is 4. The van der Waals surface area contributed by atoms with Crippen molar-refractivity contribution in [3.63, 3.8) is 0 Å².